The van der Waals surface area contributed by atoms with Gasteiger partial charge in [-0.15, -0.1) is 23.1 Å². The number of esters is 1. The van der Waals surface area contributed by atoms with E-state index in [2.05, 4.69) is 24.9 Å². The van der Waals surface area contributed by atoms with E-state index in [1.54, 1.807) is 11.3 Å². The highest BCUT2D eigenvalue weighted by Gasteiger charge is 2.35. The second-order valence-electron chi connectivity index (χ2n) is 9.95. The topological polar surface area (TPSA) is 79.7 Å². The maximum absolute atomic E-state index is 12.8. The molecule has 1 aromatic rings. The number of ether oxygens (including phenoxy) is 1. The van der Waals surface area contributed by atoms with Gasteiger partial charge < -0.3 is 14.9 Å². The lowest BCUT2D eigenvalue weighted by molar-refractivity contribution is -0.149. The summed E-state index contributed by atoms with van der Waals surface area (Å²) < 4.78 is 5.28. The molecule has 2 heterocycles. The molecule has 0 saturated heterocycles. The second-order valence-corrected chi connectivity index (χ2v) is 13.0. The number of aryl methyl sites for hydroxylation is 1. The molecule has 5 nitrogen and oxygen atoms in total. The van der Waals surface area contributed by atoms with Crippen molar-refractivity contribution in [2.24, 2.45) is 5.92 Å². The van der Waals surface area contributed by atoms with Crippen LogP contribution in [-0.2, 0) is 9.53 Å². The quantitative estimate of drug-likeness (QED) is 0.391. The molecule has 0 amide bonds. The van der Waals surface area contributed by atoms with Crippen LogP contribution < -0.4 is 0 Å². The fraction of sp³-hybridized carbons (Fsp3) is 0.692. The zero-order valence-electron chi connectivity index (χ0n) is 21.1. The highest BCUT2D eigenvalue weighted by atomic mass is 32.2. The lowest BCUT2D eigenvalue weighted by Gasteiger charge is -2.35. The first-order chi connectivity index (χ1) is 15.4. The number of hydrogen-bond donors (Lipinski definition) is 2. The number of nitrogens with zero attached hydrogens (tertiary/aromatic N) is 1. The average molecular weight is 496 g/mol. The molecule has 2 N–H and O–H groups in total. The Kier molecular flexibility index (Phi) is 10.7. The Hall–Kier alpha value is -1.15. The minimum absolute atomic E-state index is 0.0512. The summed E-state index contributed by atoms with van der Waals surface area (Å²) in [6.07, 6.45) is 5.79. The first kappa shape index (κ1) is 28.1. The minimum Gasteiger partial charge on any atom is -0.457 e. The molecule has 0 radical (unpaired) electrons. The molecule has 33 heavy (non-hydrogen) atoms. The van der Waals surface area contributed by atoms with Gasteiger partial charge in [-0.05, 0) is 71.4 Å². The Labute approximate surface area is 207 Å². The Balaban J connectivity index is 2.27. The molecular weight excluding hydrogens is 454 g/mol. The number of rotatable bonds is 2. The summed E-state index contributed by atoms with van der Waals surface area (Å²) in [6.45, 7) is 14.0. The molecule has 0 bridgehead atoms. The molecule has 186 valence electrons. The van der Waals surface area contributed by atoms with Crippen LogP contribution in [0.15, 0.2) is 22.6 Å². The molecular formula is C26H41NO4S2. The SMILES string of the molecule is C/C1=C/C[C@@H](/C(C)=C/c2csc(C)n2)OC(=O)CC(O)C(C)(C)S[C@H](C)[C@@H](O)[C@@H](C)CCC1. The number of cyclic esters (lactones) is 1. The van der Waals surface area contributed by atoms with Crippen molar-refractivity contribution < 1.29 is 19.7 Å². The number of aromatic nitrogens is 1. The smallest absolute Gasteiger partial charge is 0.309 e. The predicted molar refractivity (Wildman–Crippen MR) is 140 cm³/mol. The molecule has 0 fully saturated rings. The molecule has 0 spiro atoms. The van der Waals surface area contributed by atoms with Gasteiger partial charge in [0.15, 0.2) is 0 Å². The Morgan fingerprint density at radius 2 is 1.97 bits per heavy atom. The zero-order chi connectivity index (χ0) is 24.8. The predicted octanol–water partition coefficient (Wildman–Crippen LogP) is 5.94. The number of carbonyl (C=O) groups excluding carboxylic acids is 1. The van der Waals surface area contributed by atoms with Crippen LogP contribution >= 0.6 is 23.1 Å². The van der Waals surface area contributed by atoms with E-state index in [-0.39, 0.29) is 17.6 Å². The van der Waals surface area contributed by atoms with Crippen LogP contribution in [0.1, 0.15) is 84.3 Å². The number of thiazole rings is 1. The van der Waals surface area contributed by atoms with Gasteiger partial charge in [-0.3, -0.25) is 4.79 Å². The van der Waals surface area contributed by atoms with Gasteiger partial charge in [-0.25, -0.2) is 4.98 Å². The Bertz CT molecular complexity index is 845. The van der Waals surface area contributed by atoms with Gasteiger partial charge in [0.1, 0.15) is 6.10 Å². The summed E-state index contributed by atoms with van der Waals surface area (Å²) in [6, 6.07) is 0. The van der Waals surface area contributed by atoms with Gasteiger partial charge >= 0.3 is 5.97 Å². The van der Waals surface area contributed by atoms with Crippen LogP contribution in [0.4, 0.5) is 0 Å². The molecule has 1 unspecified atom stereocenters. The van der Waals surface area contributed by atoms with Crippen molar-refractivity contribution in [2.75, 3.05) is 0 Å². The number of thioether (sulfide) groups is 1. The molecule has 1 aromatic heterocycles. The van der Waals surface area contributed by atoms with Gasteiger partial charge in [-0.1, -0.05) is 25.5 Å². The highest BCUT2D eigenvalue weighted by molar-refractivity contribution is 8.01. The van der Waals surface area contributed by atoms with E-state index < -0.39 is 29.0 Å². The summed E-state index contributed by atoms with van der Waals surface area (Å²) in [4.78, 5) is 17.3. The lowest BCUT2D eigenvalue weighted by Crippen LogP contribution is -2.40. The maximum Gasteiger partial charge on any atom is 0.309 e. The van der Waals surface area contributed by atoms with Crippen LogP contribution in [0.3, 0.4) is 0 Å². The molecule has 0 aromatic carbocycles. The molecule has 1 aliphatic rings. The van der Waals surface area contributed by atoms with Crippen molar-refractivity contribution in [2.45, 2.75) is 109 Å². The average Bonchev–Trinajstić information content (AvgIpc) is 3.13. The van der Waals surface area contributed by atoms with E-state index in [1.165, 1.54) is 17.3 Å². The number of aliphatic hydroxyl groups is 2. The van der Waals surface area contributed by atoms with E-state index in [4.69, 9.17) is 4.74 Å². The zero-order valence-corrected chi connectivity index (χ0v) is 22.8. The summed E-state index contributed by atoms with van der Waals surface area (Å²) >= 11 is 3.13. The van der Waals surface area contributed by atoms with Crippen molar-refractivity contribution in [1.29, 1.82) is 0 Å². The monoisotopic (exact) mass is 495 g/mol. The minimum atomic E-state index is -0.878. The van der Waals surface area contributed by atoms with Crippen LogP contribution in [0.25, 0.3) is 6.08 Å². The van der Waals surface area contributed by atoms with E-state index in [0.717, 1.165) is 35.5 Å². The van der Waals surface area contributed by atoms with E-state index >= 15 is 0 Å². The van der Waals surface area contributed by atoms with Crippen molar-refractivity contribution in [3.63, 3.8) is 0 Å². The highest BCUT2D eigenvalue weighted by Crippen LogP contribution is 2.37. The molecule has 7 heteroatoms. The summed E-state index contributed by atoms with van der Waals surface area (Å²) in [5.74, 6) is -0.242. The first-order valence-electron chi connectivity index (χ1n) is 11.9. The standard InChI is InChI=1S/C26H41NO4S2/c1-16-9-8-10-17(2)25(30)19(4)33-26(6,7)23(28)14-24(29)31-22(12-11-16)18(3)13-21-15-32-20(5)27-21/h11,13,15,17,19,22-23,25,28,30H,8-10,12,14H2,1-7H3/b16-11-,18-13+/t17-,19+,22-,23?,25-/m0/s1. The molecule has 1 aliphatic heterocycles. The van der Waals surface area contributed by atoms with Crippen LogP contribution in [0, 0.1) is 12.8 Å². The maximum atomic E-state index is 12.8. The third-order valence-electron chi connectivity index (χ3n) is 6.42. The molecule has 0 saturated carbocycles. The summed E-state index contributed by atoms with van der Waals surface area (Å²) in [5, 5.41) is 24.6. The fourth-order valence-electron chi connectivity index (χ4n) is 4.08. The fourth-order valence-corrected chi connectivity index (χ4v) is 6.26. The lowest BCUT2D eigenvalue weighted by atomic mass is 9.94. The van der Waals surface area contributed by atoms with Crippen molar-refractivity contribution in [3.05, 3.63) is 33.3 Å². The third kappa shape index (κ3) is 8.85. The van der Waals surface area contributed by atoms with Gasteiger partial charge in [0.2, 0.25) is 0 Å². The normalized spacial score (nSPS) is 32.6. The number of carbonyl (C=O) groups is 1. The van der Waals surface area contributed by atoms with Crippen molar-refractivity contribution in [3.8, 4) is 0 Å². The molecule has 2 rings (SSSR count). The van der Waals surface area contributed by atoms with Crippen molar-refractivity contribution in [1.82, 2.24) is 4.98 Å². The number of aliphatic hydroxyl groups excluding tert-OH is 2. The largest absolute Gasteiger partial charge is 0.457 e. The first-order valence-corrected chi connectivity index (χ1v) is 13.6. The van der Waals surface area contributed by atoms with Crippen LogP contribution in [-0.4, -0.2) is 49.5 Å². The summed E-state index contributed by atoms with van der Waals surface area (Å²) in [5.41, 5.74) is 3.07. The summed E-state index contributed by atoms with van der Waals surface area (Å²) in [7, 11) is 0. The van der Waals surface area contributed by atoms with E-state index in [9.17, 15) is 15.0 Å². The third-order valence-corrected chi connectivity index (χ3v) is 8.74. The molecule has 0 aliphatic carbocycles. The second kappa shape index (κ2) is 12.5. The molecule has 5 atom stereocenters. The van der Waals surface area contributed by atoms with Gasteiger partial charge in [0.25, 0.3) is 0 Å². The Morgan fingerprint density at radius 3 is 2.61 bits per heavy atom. The van der Waals surface area contributed by atoms with Gasteiger partial charge in [0.05, 0.1) is 29.3 Å². The number of allylic oxidation sites excluding steroid dienone is 1. The van der Waals surface area contributed by atoms with Crippen LogP contribution in [0.2, 0.25) is 0 Å². The van der Waals surface area contributed by atoms with Gasteiger partial charge in [-0.2, -0.15) is 0 Å². The van der Waals surface area contributed by atoms with Gasteiger partial charge in [0, 0.05) is 21.8 Å². The Morgan fingerprint density at radius 1 is 1.27 bits per heavy atom. The van der Waals surface area contributed by atoms with E-state index in [1.807, 2.05) is 46.1 Å². The number of hydrogen-bond acceptors (Lipinski definition) is 7. The van der Waals surface area contributed by atoms with Crippen LogP contribution in [0.5, 0.6) is 0 Å². The van der Waals surface area contributed by atoms with E-state index in [0.29, 0.717) is 6.42 Å². The van der Waals surface area contributed by atoms with Crippen molar-refractivity contribution >= 4 is 35.1 Å².